The Balaban J connectivity index is 2.22. The van der Waals surface area contributed by atoms with Gasteiger partial charge >= 0.3 is 5.69 Å². The number of rotatable bonds is 3. The standard InChI is InChI=1S/C10H14ClN3O/c11-6-2-4-8-14-10(15)13-7-3-1-5-9(13)12-14/h2,4H,1,3,5-8H2. The lowest BCUT2D eigenvalue weighted by Crippen LogP contribution is -2.26. The van der Waals surface area contributed by atoms with Gasteiger partial charge in [-0.1, -0.05) is 12.2 Å². The van der Waals surface area contributed by atoms with Gasteiger partial charge in [0.05, 0.1) is 6.54 Å². The first-order chi connectivity index (χ1) is 7.33. The minimum Gasteiger partial charge on any atom is -0.279 e. The van der Waals surface area contributed by atoms with Gasteiger partial charge in [-0.25, -0.2) is 9.48 Å². The second kappa shape index (κ2) is 4.66. The van der Waals surface area contributed by atoms with Gasteiger partial charge in [0.1, 0.15) is 5.82 Å². The van der Waals surface area contributed by atoms with Crippen molar-refractivity contribution in [1.82, 2.24) is 14.3 Å². The molecule has 0 saturated carbocycles. The maximum atomic E-state index is 11.8. The molecule has 0 aliphatic carbocycles. The summed E-state index contributed by atoms with van der Waals surface area (Å²) in [5.74, 6) is 1.40. The predicted octanol–water partition coefficient (Wildman–Crippen LogP) is 1.18. The molecule has 0 saturated heterocycles. The van der Waals surface area contributed by atoms with Crippen LogP contribution >= 0.6 is 11.6 Å². The SMILES string of the molecule is O=c1n(CC=CCCl)nc2n1CCCC2. The molecular weight excluding hydrogens is 214 g/mol. The van der Waals surface area contributed by atoms with Crippen molar-refractivity contribution in [1.29, 1.82) is 0 Å². The van der Waals surface area contributed by atoms with Gasteiger partial charge in [0.2, 0.25) is 0 Å². The van der Waals surface area contributed by atoms with Crippen molar-refractivity contribution in [2.75, 3.05) is 5.88 Å². The summed E-state index contributed by atoms with van der Waals surface area (Å²) in [5, 5.41) is 4.29. The fourth-order valence-corrected chi connectivity index (χ4v) is 1.93. The van der Waals surface area contributed by atoms with Crippen molar-refractivity contribution in [3.05, 3.63) is 28.5 Å². The number of aryl methyl sites for hydroxylation is 1. The molecule has 82 valence electrons. The molecular formula is C10H14ClN3O. The van der Waals surface area contributed by atoms with Crippen molar-refractivity contribution in [3.63, 3.8) is 0 Å². The monoisotopic (exact) mass is 227 g/mol. The second-order valence-electron chi connectivity index (χ2n) is 3.62. The van der Waals surface area contributed by atoms with Gasteiger partial charge < -0.3 is 0 Å². The van der Waals surface area contributed by atoms with Crippen LogP contribution in [0.1, 0.15) is 18.7 Å². The van der Waals surface area contributed by atoms with Gasteiger partial charge in [0, 0.05) is 18.8 Å². The van der Waals surface area contributed by atoms with Crippen LogP contribution in [0.15, 0.2) is 16.9 Å². The predicted molar refractivity (Wildman–Crippen MR) is 59.3 cm³/mol. The topological polar surface area (TPSA) is 39.8 Å². The zero-order valence-corrected chi connectivity index (χ0v) is 9.28. The van der Waals surface area contributed by atoms with E-state index in [4.69, 9.17) is 11.6 Å². The number of allylic oxidation sites excluding steroid dienone is 2. The molecule has 15 heavy (non-hydrogen) atoms. The van der Waals surface area contributed by atoms with Crippen molar-refractivity contribution >= 4 is 11.6 Å². The quantitative estimate of drug-likeness (QED) is 0.575. The highest BCUT2D eigenvalue weighted by Crippen LogP contribution is 2.09. The summed E-state index contributed by atoms with van der Waals surface area (Å²) in [7, 11) is 0. The van der Waals surface area contributed by atoms with Gasteiger partial charge in [-0.15, -0.1) is 11.6 Å². The molecule has 1 aromatic heterocycles. The van der Waals surface area contributed by atoms with Crippen LogP contribution in [-0.2, 0) is 19.5 Å². The van der Waals surface area contributed by atoms with E-state index < -0.39 is 0 Å². The van der Waals surface area contributed by atoms with E-state index in [9.17, 15) is 4.79 Å². The number of alkyl halides is 1. The van der Waals surface area contributed by atoms with Gasteiger partial charge in [0.25, 0.3) is 0 Å². The van der Waals surface area contributed by atoms with Crippen molar-refractivity contribution in [3.8, 4) is 0 Å². The van der Waals surface area contributed by atoms with Gasteiger partial charge in [-0.05, 0) is 12.8 Å². The molecule has 1 aromatic rings. The van der Waals surface area contributed by atoms with Crippen LogP contribution in [0.3, 0.4) is 0 Å². The first kappa shape index (κ1) is 10.5. The van der Waals surface area contributed by atoms with E-state index in [1.807, 2.05) is 12.2 Å². The summed E-state index contributed by atoms with van der Waals surface area (Å²) in [4.78, 5) is 11.8. The fraction of sp³-hybridized carbons (Fsp3) is 0.600. The summed E-state index contributed by atoms with van der Waals surface area (Å²) in [6.45, 7) is 1.33. The van der Waals surface area contributed by atoms with Crippen LogP contribution in [0.5, 0.6) is 0 Å². The third-order valence-corrected chi connectivity index (χ3v) is 2.74. The van der Waals surface area contributed by atoms with Crippen molar-refractivity contribution in [2.45, 2.75) is 32.4 Å². The molecule has 1 aliphatic rings. The molecule has 2 heterocycles. The molecule has 5 heteroatoms. The molecule has 0 spiro atoms. The Morgan fingerprint density at radius 2 is 2.27 bits per heavy atom. The lowest BCUT2D eigenvalue weighted by Gasteiger charge is -2.09. The minimum absolute atomic E-state index is 0.00363. The third-order valence-electron chi connectivity index (χ3n) is 2.57. The third kappa shape index (κ3) is 2.15. The number of aromatic nitrogens is 3. The highest BCUT2D eigenvalue weighted by Gasteiger charge is 2.15. The summed E-state index contributed by atoms with van der Waals surface area (Å²) in [6, 6.07) is 0. The molecule has 1 aliphatic heterocycles. The molecule has 0 fully saturated rings. The molecule has 0 N–H and O–H groups in total. The van der Waals surface area contributed by atoms with E-state index in [2.05, 4.69) is 5.10 Å². The fourth-order valence-electron chi connectivity index (χ4n) is 1.80. The maximum Gasteiger partial charge on any atom is 0.346 e. The van der Waals surface area contributed by atoms with Crippen LogP contribution in [-0.4, -0.2) is 20.2 Å². The largest absolute Gasteiger partial charge is 0.346 e. The maximum absolute atomic E-state index is 11.8. The second-order valence-corrected chi connectivity index (χ2v) is 3.92. The van der Waals surface area contributed by atoms with E-state index in [0.29, 0.717) is 12.4 Å². The van der Waals surface area contributed by atoms with E-state index in [1.165, 1.54) is 4.68 Å². The zero-order valence-electron chi connectivity index (χ0n) is 8.53. The van der Waals surface area contributed by atoms with Crippen LogP contribution in [0.2, 0.25) is 0 Å². The summed E-state index contributed by atoms with van der Waals surface area (Å²) in [6.07, 6.45) is 6.82. The Morgan fingerprint density at radius 3 is 3.00 bits per heavy atom. The van der Waals surface area contributed by atoms with Crippen molar-refractivity contribution < 1.29 is 0 Å². The van der Waals surface area contributed by atoms with E-state index in [0.717, 1.165) is 31.6 Å². The lowest BCUT2D eigenvalue weighted by atomic mass is 10.2. The van der Waals surface area contributed by atoms with Crippen LogP contribution in [0, 0.1) is 0 Å². The van der Waals surface area contributed by atoms with Crippen LogP contribution < -0.4 is 5.69 Å². The van der Waals surface area contributed by atoms with Crippen molar-refractivity contribution in [2.24, 2.45) is 0 Å². The molecule has 4 nitrogen and oxygen atoms in total. The van der Waals surface area contributed by atoms with Gasteiger partial charge in [-0.2, -0.15) is 5.10 Å². The molecule has 0 aromatic carbocycles. The first-order valence-corrected chi connectivity index (χ1v) is 5.74. The zero-order chi connectivity index (χ0) is 10.7. The number of hydrogen-bond donors (Lipinski definition) is 0. The molecule has 0 amide bonds. The molecule has 0 atom stereocenters. The number of hydrogen-bond acceptors (Lipinski definition) is 2. The smallest absolute Gasteiger partial charge is 0.279 e. The summed E-state index contributed by atoms with van der Waals surface area (Å²) in [5.41, 5.74) is 0.00363. The highest BCUT2D eigenvalue weighted by atomic mass is 35.5. The normalized spacial score (nSPS) is 15.8. The average Bonchev–Trinajstić information content (AvgIpc) is 2.57. The minimum atomic E-state index is 0.00363. The summed E-state index contributed by atoms with van der Waals surface area (Å²) >= 11 is 5.51. The number of fused-ring (bicyclic) bond motifs is 1. The Hall–Kier alpha value is -1.03. The van der Waals surface area contributed by atoms with E-state index in [-0.39, 0.29) is 5.69 Å². The molecule has 0 radical (unpaired) electrons. The van der Waals surface area contributed by atoms with Gasteiger partial charge in [0.15, 0.2) is 0 Å². The molecule has 2 rings (SSSR count). The highest BCUT2D eigenvalue weighted by molar-refractivity contribution is 6.18. The van der Waals surface area contributed by atoms with Crippen LogP contribution in [0.4, 0.5) is 0 Å². The Labute approximate surface area is 93.2 Å². The Morgan fingerprint density at radius 1 is 1.40 bits per heavy atom. The number of nitrogens with zero attached hydrogens (tertiary/aromatic N) is 3. The lowest BCUT2D eigenvalue weighted by molar-refractivity contribution is 0.511. The molecule has 0 unspecified atom stereocenters. The van der Waals surface area contributed by atoms with Crippen LogP contribution in [0.25, 0.3) is 0 Å². The first-order valence-electron chi connectivity index (χ1n) is 5.20. The Kier molecular flexibility index (Phi) is 3.26. The van der Waals surface area contributed by atoms with E-state index in [1.54, 1.807) is 4.57 Å². The molecule has 0 bridgehead atoms. The average molecular weight is 228 g/mol. The van der Waals surface area contributed by atoms with Gasteiger partial charge in [-0.3, -0.25) is 4.57 Å². The summed E-state index contributed by atoms with van der Waals surface area (Å²) < 4.78 is 3.28. The van der Waals surface area contributed by atoms with E-state index >= 15 is 0 Å². The Bertz CT molecular complexity index is 419. The number of halogens is 1.